The molecule has 3 aromatic rings. The van der Waals surface area contributed by atoms with Crippen LogP contribution >= 0.6 is 0 Å². The summed E-state index contributed by atoms with van der Waals surface area (Å²) in [4.78, 5) is 30.4. The number of pyridine rings is 1. The van der Waals surface area contributed by atoms with Crippen LogP contribution in [0.2, 0.25) is 0 Å². The van der Waals surface area contributed by atoms with Gasteiger partial charge in [-0.3, -0.25) is 9.59 Å². The standard InChI is InChI=1S/C33H30F3N5O2/c1-19(2)38-24-9-6-10-25(15-24)39-30-17-29-22(18-37-30)14-28(32(43)41(29)4)27-16-26(12-11-20(27)3)40-31(42)21-7-5-8-23(13-21)33(34,35)36/h5-15,17,37-39H,1,16,18H2,2-4H3. The summed E-state index contributed by atoms with van der Waals surface area (Å²) in [6.45, 7) is 8.09. The molecule has 1 amide bonds. The zero-order valence-corrected chi connectivity index (χ0v) is 23.9. The Morgan fingerprint density at radius 1 is 1.07 bits per heavy atom. The molecule has 0 bridgehead atoms. The number of nitrogens with zero attached hydrogens (tertiary/aromatic N) is 2. The highest BCUT2D eigenvalue weighted by molar-refractivity contribution is 6.12. The number of hydrogen-bond acceptors (Lipinski definition) is 5. The number of amides is 1. The molecule has 2 aliphatic rings. The topological polar surface area (TPSA) is 87.5 Å². The van der Waals surface area contributed by atoms with E-state index in [-0.39, 0.29) is 17.5 Å². The van der Waals surface area contributed by atoms with Crippen LogP contribution in [-0.2, 0) is 19.8 Å². The van der Waals surface area contributed by atoms with Gasteiger partial charge in [-0.2, -0.15) is 13.2 Å². The monoisotopic (exact) mass is 585 g/mol. The SMILES string of the molecule is C=C(C)Nc1cccc(NC2=Cc3c(cc(C4=C(C)C=CC(=NC(=O)c5cccc(C(F)(F)F)c5)C4)c(=O)n3C)CN2)c1. The predicted octanol–water partition coefficient (Wildman–Crippen LogP) is 6.88. The molecule has 220 valence electrons. The minimum atomic E-state index is -4.57. The van der Waals surface area contributed by atoms with Gasteiger partial charge in [0.05, 0.1) is 11.3 Å². The van der Waals surface area contributed by atoms with Crippen LogP contribution in [0.15, 0.2) is 100 Å². The number of hydrogen-bond donors (Lipinski definition) is 3. The fourth-order valence-corrected chi connectivity index (χ4v) is 5.01. The molecular weight excluding hydrogens is 555 g/mol. The molecule has 10 heteroatoms. The average molecular weight is 586 g/mol. The molecule has 7 nitrogen and oxygen atoms in total. The maximum absolute atomic E-state index is 13.6. The first-order valence-electron chi connectivity index (χ1n) is 13.5. The first kappa shape index (κ1) is 29.4. The van der Waals surface area contributed by atoms with Gasteiger partial charge in [0, 0.05) is 60.0 Å². The molecule has 3 N–H and O–H groups in total. The van der Waals surface area contributed by atoms with E-state index in [1.54, 1.807) is 23.8 Å². The highest BCUT2D eigenvalue weighted by atomic mass is 19.4. The Balaban J connectivity index is 1.40. The number of anilines is 2. The third kappa shape index (κ3) is 6.53. The minimum Gasteiger partial charge on any atom is -0.367 e. The first-order chi connectivity index (χ1) is 20.4. The van der Waals surface area contributed by atoms with Gasteiger partial charge in [0.1, 0.15) is 5.82 Å². The average Bonchev–Trinajstić information content (AvgIpc) is 2.96. The number of rotatable bonds is 6. The Bertz CT molecular complexity index is 1830. The van der Waals surface area contributed by atoms with Crippen LogP contribution in [0.1, 0.15) is 53.0 Å². The zero-order chi connectivity index (χ0) is 30.9. The van der Waals surface area contributed by atoms with E-state index in [2.05, 4.69) is 27.5 Å². The number of benzene rings is 2. The summed E-state index contributed by atoms with van der Waals surface area (Å²) in [6.07, 6.45) is 0.905. The van der Waals surface area contributed by atoms with Crippen LogP contribution in [0.4, 0.5) is 24.5 Å². The number of carbonyl (C=O) groups excluding carboxylic acids is 1. The second kappa shape index (κ2) is 11.6. The Morgan fingerprint density at radius 2 is 1.81 bits per heavy atom. The van der Waals surface area contributed by atoms with Gasteiger partial charge in [0.2, 0.25) is 0 Å². The van der Waals surface area contributed by atoms with E-state index in [0.29, 0.717) is 23.4 Å². The van der Waals surface area contributed by atoms with Crippen LogP contribution in [0, 0.1) is 0 Å². The number of allylic oxidation sites excluding steroid dienone is 5. The third-order valence-electron chi connectivity index (χ3n) is 7.16. The lowest BCUT2D eigenvalue weighted by Gasteiger charge is -2.24. The van der Waals surface area contributed by atoms with Gasteiger partial charge in [0.15, 0.2) is 0 Å². The summed E-state index contributed by atoms with van der Waals surface area (Å²) < 4.78 is 41.0. The van der Waals surface area contributed by atoms with Crippen molar-refractivity contribution in [2.45, 2.75) is 33.0 Å². The van der Waals surface area contributed by atoms with Crippen molar-refractivity contribution in [2.75, 3.05) is 10.6 Å². The van der Waals surface area contributed by atoms with Gasteiger partial charge in [-0.05, 0) is 79.1 Å². The number of alkyl halides is 3. The maximum atomic E-state index is 13.6. The Kier molecular flexibility index (Phi) is 7.95. The molecule has 0 spiro atoms. The zero-order valence-electron chi connectivity index (χ0n) is 23.9. The molecule has 0 saturated heterocycles. The second-order valence-electron chi connectivity index (χ2n) is 10.5. The van der Waals surface area contributed by atoms with Gasteiger partial charge < -0.3 is 20.5 Å². The normalized spacial score (nSPS) is 15.5. The highest BCUT2D eigenvalue weighted by Gasteiger charge is 2.31. The van der Waals surface area contributed by atoms with Crippen LogP contribution in [0.5, 0.6) is 0 Å². The van der Waals surface area contributed by atoms with Crippen molar-refractivity contribution in [1.82, 2.24) is 9.88 Å². The number of nitrogens with one attached hydrogen (secondary N) is 3. The van der Waals surface area contributed by atoms with Gasteiger partial charge in [0.25, 0.3) is 11.5 Å². The van der Waals surface area contributed by atoms with Gasteiger partial charge in [-0.1, -0.05) is 24.8 Å². The summed E-state index contributed by atoms with van der Waals surface area (Å²) in [5.41, 5.74) is 5.34. The van der Waals surface area contributed by atoms with Crippen LogP contribution in [0.3, 0.4) is 0 Å². The second-order valence-corrected chi connectivity index (χ2v) is 10.5. The van der Waals surface area contributed by atoms with Gasteiger partial charge in [-0.15, -0.1) is 0 Å². The number of aromatic nitrogens is 1. The number of carbonyl (C=O) groups is 1. The van der Waals surface area contributed by atoms with Crippen LogP contribution in [-0.4, -0.2) is 16.2 Å². The molecule has 43 heavy (non-hydrogen) atoms. The van der Waals surface area contributed by atoms with Gasteiger partial charge in [-0.25, -0.2) is 4.99 Å². The molecule has 0 unspecified atom stereocenters. The van der Waals surface area contributed by atoms with Crippen molar-refractivity contribution in [3.8, 4) is 0 Å². The molecule has 1 aliphatic heterocycles. The lowest BCUT2D eigenvalue weighted by atomic mass is 9.90. The molecule has 0 fully saturated rings. The van der Waals surface area contributed by atoms with Crippen molar-refractivity contribution in [2.24, 2.45) is 12.0 Å². The van der Waals surface area contributed by atoms with Crippen molar-refractivity contribution < 1.29 is 18.0 Å². The molecule has 1 aromatic heterocycles. The molecule has 5 rings (SSSR count). The van der Waals surface area contributed by atoms with Crippen LogP contribution < -0.4 is 21.5 Å². The van der Waals surface area contributed by atoms with Crippen molar-refractivity contribution in [1.29, 1.82) is 0 Å². The fourth-order valence-electron chi connectivity index (χ4n) is 5.01. The molecule has 1 aliphatic carbocycles. The molecule has 0 radical (unpaired) electrons. The van der Waals surface area contributed by atoms with E-state index in [1.807, 2.05) is 50.3 Å². The molecule has 2 aromatic carbocycles. The summed E-state index contributed by atoms with van der Waals surface area (Å²) in [7, 11) is 1.71. The maximum Gasteiger partial charge on any atom is 0.416 e. The van der Waals surface area contributed by atoms with Crippen molar-refractivity contribution in [3.63, 3.8) is 0 Å². The van der Waals surface area contributed by atoms with E-state index in [9.17, 15) is 22.8 Å². The van der Waals surface area contributed by atoms with E-state index in [4.69, 9.17) is 0 Å². The fraction of sp³-hybridized carbons (Fsp3) is 0.182. The van der Waals surface area contributed by atoms with Gasteiger partial charge >= 0.3 is 6.18 Å². The van der Waals surface area contributed by atoms with E-state index in [0.717, 1.165) is 51.9 Å². The lowest BCUT2D eigenvalue weighted by Crippen LogP contribution is -2.31. The smallest absolute Gasteiger partial charge is 0.367 e. The number of halogens is 3. The van der Waals surface area contributed by atoms with E-state index >= 15 is 0 Å². The number of fused-ring (bicyclic) bond motifs is 1. The highest BCUT2D eigenvalue weighted by Crippen LogP contribution is 2.31. The summed E-state index contributed by atoms with van der Waals surface area (Å²) >= 11 is 0. The summed E-state index contributed by atoms with van der Waals surface area (Å²) in [5.74, 6) is -0.0421. The molecule has 0 atom stereocenters. The molecular formula is C33H30F3N5O2. The van der Waals surface area contributed by atoms with E-state index in [1.165, 1.54) is 12.1 Å². The first-order valence-corrected chi connectivity index (χ1v) is 13.5. The van der Waals surface area contributed by atoms with E-state index < -0.39 is 17.6 Å². The Hall–Kier alpha value is -5.12. The molecule has 2 heterocycles. The Labute approximate surface area is 246 Å². The number of aliphatic imine (C=N–C) groups is 1. The largest absolute Gasteiger partial charge is 0.416 e. The lowest BCUT2D eigenvalue weighted by molar-refractivity contribution is -0.137. The minimum absolute atomic E-state index is 0.158. The van der Waals surface area contributed by atoms with Crippen molar-refractivity contribution >= 4 is 34.6 Å². The van der Waals surface area contributed by atoms with Crippen LogP contribution in [0.25, 0.3) is 11.6 Å². The summed E-state index contributed by atoms with van der Waals surface area (Å²) in [5, 5.41) is 9.90. The summed E-state index contributed by atoms with van der Waals surface area (Å²) in [6, 6.07) is 13.8. The van der Waals surface area contributed by atoms with Crippen molar-refractivity contribution in [3.05, 3.63) is 129 Å². The predicted molar refractivity (Wildman–Crippen MR) is 165 cm³/mol. The molecule has 0 saturated carbocycles. The third-order valence-corrected chi connectivity index (χ3v) is 7.16. The Morgan fingerprint density at radius 3 is 2.56 bits per heavy atom. The quantitative estimate of drug-likeness (QED) is 0.294.